The van der Waals surface area contributed by atoms with Crippen LogP contribution in [-0.2, 0) is 6.54 Å². The average molecular weight is 491 g/mol. The number of aliphatic hydroxyl groups is 1. The predicted molar refractivity (Wildman–Crippen MR) is 140 cm³/mol. The highest BCUT2D eigenvalue weighted by molar-refractivity contribution is 5.98. The second-order valence-electron chi connectivity index (χ2n) is 8.87. The first-order valence-corrected chi connectivity index (χ1v) is 11.9. The lowest BCUT2D eigenvalue weighted by atomic mass is 9.93. The van der Waals surface area contributed by atoms with E-state index < -0.39 is 10.8 Å². The molecule has 0 saturated carbocycles. The van der Waals surface area contributed by atoms with Gasteiger partial charge in [-0.1, -0.05) is 12.1 Å². The highest BCUT2D eigenvalue weighted by atomic mass is 16.6. The maximum absolute atomic E-state index is 11.9. The topological polar surface area (TPSA) is 147 Å². The summed E-state index contributed by atoms with van der Waals surface area (Å²) in [7, 11) is 0. The molecule has 1 aromatic heterocycles. The van der Waals surface area contributed by atoms with E-state index in [0.29, 0.717) is 23.0 Å². The quantitative estimate of drug-likeness (QED) is 0.246. The molecule has 1 aliphatic rings. The third-order valence-corrected chi connectivity index (χ3v) is 6.43. The lowest BCUT2D eigenvalue weighted by Crippen LogP contribution is -2.33. The summed E-state index contributed by atoms with van der Waals surface area (Å²) >= 11 is 0. The Hall–Kier alpha value is -4.18. The Morgan fingerprint density at radius 1 is 1.17 bits per heavy atom. The van der Waals surface area contributed by atoms with Gasteiger partial charge in [0.25, 0.3) is 11.6 Å². The van der Waals surface area contributed by atoms with Crippen LogP contribution in [0.2, 0.25) is 0 Å². The number of nitrogens with two attached hydrogens (primary N) is 1. The van der Waals surface area contributed by atoms with Gasteiger partial charge in [0.05, 0.1) is 16.2 Å². The Morgan fingerprint density at radius 2 is 1.92 bits per heavy atom. The van der Waals surface area contributed by atoms with Crippen LogP contribution in [-0.4, -0.2) is 40.6 Å². The summed E-state index contributed by atoms with van der Waals surface area (Å²) in [5.74, 6) is 0.503. The van der Waals surface area contributed by atoms with Gasteiger partial charge in [0.2, 0.25) is 0 Å². The number of aliphatic hydroxyl groups excluding tert-OH is 1. The van der Waals surface area contributed by atoms with Crippen molar-refractivity contribution in [2.45, 2.75) is 25.8 Å². The number of nitrogens with one attached hydrogen (secondary N) is 2. The monoisotopic (exact) mass is 490 g/mol. The summed E-state index contributed by atoms with van der Waals surface area (Å²) in [6, 6.07) is 16.1. The summed E-state index contributed by atoms with van der Waals surface area (Å²) in [4.78, 5) is 29.2. The summed E-state index contributed by atoms with van der Waals surface area (Å²) < 4.78 is 0. The highest BCUT2D eigenvalue weighted by Crippen LogP contribution is 2.28. The van der Waals surface area contributed by atoms with Crippen LogP contribution < -0.4 is 21.3 Å². The van der Waals surface area contributed by atoms with Crippen molar-refractivity contribution in [2.24, 2.45) is 11.7 Å². The maximum Gasteiger partial charge on any atom is 0.269 e. The van der Waals surface area contributed by atoms with Crippen molar-refractivity contribution in [3.05, 3.63) is 82.0 Å². The number of carbonyl (C=O) groups is 1. The van der Waals surface area contributed by atoms with Crippen molar-refractivity contribution in [1.29, 1.82) is 0 Å². The van der Waals surface area contributed by atoms with E-state index in [1.54, 1.807) is 18.2 Å². The number of non-ortho nitro benzene ring substituents is 1. The van der Waals surface area contributed by atoms with Crippen molar-refractivity contribution in [3.8, 4) is 0 Å². The number of pyridine rings is 1. The minimum atomic E-state index is -0.622. The number of anilines is 4. The van der Waals surface area contributed by atoms with Crippen LogP contribution in [0.15, 0.2) is 60.8 Å². The predicted octanol–water partition coefficient (Wildman–Crippen LogP) is 4.04. The molecular weight excluding hydrogens is 460 g/mol. The highest BCUT2D eigenvalue weighted by Gasteiger charge is 2.19. The lowest BCUT2D eigenvalue weighted by Gasteiger charge is -2.33. The minimum Gasteiger partial charge on any atom is -0.396 e. The van der Waals surface area contributed by atoms with Crippen LogP contribution in [0, 0.1) is 16.0 Å². The number of amides is 1. The van der Waals surface area contributed by atoms with Crippen molar-refractivity contribution in [1.82, 2.24) is 4.98 Å². The van der Waals surface area contributed by atoms with Gasteiger partial charge in [-0.3, -0.25) is 14.9 Å². The van der Waals surface area contributed by atoms with Gasteiger partial charge < -0.3 is 26.4 Å². The van der Waals surface area contributed by atoms with Crippen LogP contribution in [0.25, 0.3) is 0 Å². The number of hydrogen-bond acceptors (Lipinski definition) is 8. The molecule has 5 N–H and O–H groups in total. The molecule has 2 heterocycles. The molecule has 1 amide bonds. The van der Waals surface area contributed by atoms with E-state index in [0.717, 1.165) is 43.7 Å². The Kier molecular flexibility index (Phi) is 7.96. The molecule has 3 aromatic rings. The molecule has 1 aliphatic heterocycles. The third-order valence-electron chi connectivity index (χ3n) is 6.43. The normalized spacial score (nSPS) is 13.9. The molecule has 10 heteroatoms. The second-order valence-corrected chi connectivity index (χ2v) is 8.87. The molecule has 10 nitrogen and oxygen atoms in total. The first kappa shape index (κ1) is 24.9. The number of nitro groups is 1. The summed E-state index contributed by atoms with van der Waals surface area (Å²) in [6.45, 7) is 2.49. The Morgan fingerprint density at radius 3 is 2.58 bits per heavy atom. The molecule has 188 valence electrons. The molecule has 0 radical (unpaired) electrons. The van der Waals surface area contributed by atoms with Gasteiger partial charge in [0.15, 0.2) is 0 Å². The van der Waals surface area contributed by atoms with Gasteiger partial charge in [-0.05, 0) is 55.0 Å². The second kappa shape index (κ2) is 11.5. The smallest absolute Gasteiger partial charge is 0.269 e. The molecule has 0 unspecified atom stereocenters. The van der Waals surface area contributed by atoms with Crippen molar-refractivity contribution in [3.63, 3.8) is 0 Å². The van der Waals surface area contributed by atoms with Crippen LogP contribution in [0.1, 0.15) is 35.2 Å². The van der Waals surface area contributed by atoms with Crippen LogP contribution in [0.5, 0.6) is 0 Å². The zero-order valence-corrected chi connectivity index (χ0v) is 19.9. The van der Waals surface area contributed by atoms with E-state index in [1.165, 1.54) is 18.3 Å². The zero-order chi connectivity index (χ0) is 25.5. The molecule has 0 bridgehead atoms. The Labute approximate surface area is 209 Å². The van der Waals surface area contributed by atoms with Gasteiger partial charge in [-0.15, -0.1) is 0 Å². The van der Waals surface area contributed by atoms with Crippen LogP contribution in [0.3, 0.4) is 0 Å². The standard InChI is InChI=1S/C26H30N6O4/c27-26(34)23-17-29-25(15-24(23)28-16-19-2-1-3-22(14-19)32(35)36)30-20-4-6-21(7-5-20)31-11-8-18(9-12-31)10-13-33/h1-7,14-15,17-18,33H,8-13,16H2,(H2,27,34)(H2,28,29,30). The Bertz CT molecular complexity index is 1210. The summed E-state index contributed by atoms with van der Waals surface area (Å²) in [6.07, 6.45) is 4.46. The molecule has 1 fully saturated rings. The maximum atomic E-state index is 11.9. The zero-order valence-electron chi connectivity index (χ0n) is 19.9. The van der Waals surface area contributed by atoms with Crippen molar-refractivity contribution >= 4 is 34.5 Å². The van der Waals surface area contributed by atoms with Gasteiger partial charge in [0.1, 0.15) is 5.82 Å². The molecule has 4 rings (SSSR count). The van der Waals surface area contributed by atoms with E-state index in [9.17, 15) is 14.9 Å². The number of rotatable bonds is 10. The number of benzene rings is 2. The molecule has 2 aromatic carbocycles. The number of nitrogens with zero attached hydrogens (tertiary/aromatic N) is 3. The number of hydrogen-bond donors (Lipinski definition) is 4. The van der Waals surface area contributed by atoms with Crippen molar-refractivity contribution in [2.75, 3.05) is 35.2 Å². The van der Waals surface area contributed by atoms with E-state index in [4.69, 9.17) is 10.8 Å². The van der Waals surface area contributed by atoms with Gasteiger partial charge in [-0.2, -0.15) is 0 Å². The number of primary amides is 1. The fourth-order valence-corrected chi connectivity index (χ4v) is 4.41. The molecule has 0 spiro atoms. The Balaban J connectivity index is 1.42. The molecule has 1 saturated heterocycles. The van der Waals surface area contributed by atoms with E-state index in [2.05, 4.69) is 32.7 Å². The van der Waals surface area contributed by atoms with Gasteiger partial charge in [-0.25, -0.2) is 4.98 Å². The molecule has 0 aliphatic carbocycles. The van der Waals surface area contributed by atoms with Crippen LogP contribution in [0.4, 0.5) is 28.6 Å². The first-order chi connectivity index (χ1) is 17.4. The fraction of sp³-hybridized carbons (Fsp3) is 0.308. The third kappa shape index (κ3) is 6.28. The van der Waals surface area contributed by atoms with Crippen LogP contribution >= 0.6 is 0 Å². The number of carbonyl (C=O) groups excluding carboxylic acids is 1. The molecule has 36 heavy (non-hydrogen) atoms. The van der Waals surface area contributed by atoms with E-state index in [-0.39, 0.29) is 24.4 Å². The molecular formula is C26H30N6O4. The number of piperidine rings is 1. The van der Waals surface area contributed by atoms with Gasteiger partial charge in [0, 0.05) is 62.0 Å². The van der Waals surface area contributed by atoms with E-state index in [1.807, 2.05) is 12.1 Å². The molecule has 0 atom stereocenters. The SMILES string of the molecule is NC(=O)c1cnc(Nc2ccc(N3CCC(CCO)CC3)cc2)cc1NCc1cccc([N+](=O)[O-])c1. The average Bonchev–Trinajstić information content (AvgIpc) is 2.89. The number of aromatic nitrogens is 1. The lowest BCUT2D eigenvalue weighted by molar-refractivity contribution is -0.384. The van der Waals surface area contributed by atoms with E-state index >= 15 is 0 Å². The number of nitro benzene ring substituents is 1. The minimum absolute atomic E-state index is 0.000476. The first-order valence-electron chi connectivity index (χ1n) is 11.9. The van der Waals surface area contributed by atoms with Crippen molar-refractivity contribution < 1.29 is 14.8 Å². The van der Waals surface area contributed by atoms with Gasteiger partial charge >= 0.3 is 0 Å². The summed E-state index contributed by atoms with van der Waals surface area (Å²) in [5.41, 5.74) is 8.92. The largest absolute Gasteiger partial charge is 0.396 e. The summed E-state index contributed by atoms with van der Waals surface area (Å²) in [5, 5.41) is 26.6. The fourth-order valence-electron chi connectivity index (χ4n) is 4.41.